The molecule has 27 heavy (non-hydrogen) atoms. The number of likely N-dealkylation sites (N-methyl/N-ethyl adjacent to an activating group) is 1. The Bertz CT molecular complexity index is 787. The van der Waals surface area contributed by atoms with Gasteiger partial charge in [0.15, 0.2) is 5.82 Å². The van der Waals surface area contributed by atoms with Crippen LogP contribution in [0.15, 0.2) is 18.2 Å². The summed E-state index contributed by atoms with van der Waals surface area (Å²) in [4.78, 5) is 16.9. The quantitative estimate of drug-likeness (QED) is 0.805. The number of rotatable bonds is 5. The van der Waals surface area contributed by atoms with Crippen molar-refractivity contribution in [3.05, 3.63) is 29.8 Å². The second-order valence-electron chi connectivity index (χ2n) is 6.91. The Morgan fingerprint density at radius 3 is 2.70 bits per heavy atom. The molecule has 1 fully saturated rings. The number of carbonyl (C=O) groups is 1. The summed E-state index contributed by atoms with van der Waals surface area (Å²) in [7, 11) is 2.11. The lowest BCUT2D eigenvalue weighted by molar-refractivity contribution is 0.145. The molecule has 1 aliphatic rings. The van der Waals surface area contributed by atoms with Crippen LogP contribution in [0.3, 0.4) is 0 Å². The fourth-order valence-electron chi connectivity index (χ4n) is 3.06. The van der Waals surface area contributed by atoms with Crippen molar-refractivity contribution < 1.29 is 9.18 Å². The molecule has 0 saturated carbocycles. The second-order valence-corrected chi connectivity index (χ2v) is 6.91. The highest BCUT2D eigenvalue weighted by Crippen LogP contribution is 2.18. The molecular weight excluding hydrogens is 351 g/mol. The van der Waals surface area contributed by atoms with E-state index in [9.17, 15) is 9.18 Å². The molecule has 10 heteroatoms. The third-order valence-electron chi connectivity index (χ3n) is 4.56. The zero-order chi connectivity index (χ0) is 19.4. The third kappa shape index (κ3) is 4.98. The Kier molecular flexibility index (Phi) is 5.97. The maximum Gasteiger partial charge on any atom is 0.319 e. The summed E-state index contributed by atoms with van der Waals surface area (Å²) in [5, 5.41) is 16.7. The Hall–Kier alpha value is -2.59. The number of nitrogens with one attached hydrogen (secondary N) is 2. The third-order valence-corrected chi connectivity index (χ3v) is 4.56. The van der Waals surface area contributed by atoms with E-state index in [0.29, 0.717) is 11.5 Å². The maximum atomic E-state index is 14.1. The molecule has 0 radical (unpaired) electrons. The summed E-state index contributed by atoms with van der Waals surface area (Å²) < 4.78 is 15.4. The molecular formula is C17H25FN8O. The minimum atomic E-state index is -0.472. The highest BCUT2D eigenvalue weighted by molar-refractivity contribution is 5.89. The van der Waals surface area contributed by atoms with Crippen molar-refractivity contribution in [3.63, 3.8) is 0 Å². The number of halogens is 1. The molecule has 2 heterocycles. The number of hydrogen-bond acceptors (Lipinski definition) is 6. The lowest BCUT2D eigenvalue weighted by Crippen LogP contribution is -2.50. The number of urea groups is 1. The number of anilines is 1. The Morgan fingerprint density at radius 1 is 1.30 bits per heavy atom. The van der Waals surface area contributed by atoms with Gasteiger partial charge in [-0.1, -0.05) is 0 Å². The summed E-state index contributed by atoms with van der Waals surface area (Å²) in [5.74, 6) is -0.0175. The largest absolute Gasteiger partial charge is 0.334 e. The Labute approximate surface area is 157 Å². The lowest BCUT2D eigenvalue weighted by Gasteiger charge is -2.34. The van der Waals surface area contributed by atoms with Crippen molar-refractivity contribution in [2.24, 2.45) is 0 Å². The highest BCUT2D eigenvalue weighted by atomic mass is 19.1. The van der Waals surface area contributed by atoms with E-state index in [2.05, 4.69) is 43.0 Å². The minimum absolute atomic E-state index is 0.00455. The van der Waals surface area contributed by atoms with Crippen LogP contribution in [-0.2, 0) is 0 Å². The number of aryl methyl sites for hydroxylation is 1. The smallest absolute Gasteiger partial charge is 0.319 e. The second kappa shape index (κ2) is 8.40. The number of aromatic nitrogens is 4. The summed E-state index contributed by atoms with van der Waals surface area (Å²) in [6.07, 6.45) is 0. The molecule has 2 aromatic rings. The molecule has 0 spiro atoms. The molecule has 1 aliphatic heterocycles. The fourth-order valence-corrected chi connectivity index (χ4v) is 3.06. The van der Waals surface area contributed by atoms with Gasteiger partial charge in [0.05, 0.1) is 0 Å². The fraction of sp³-hybridized carbons (Fsp3) is 0.529. The molecule has 1 aromatic carbocycles. The number of nitrogens with zero attached hydrogens (tertiary/aromatic N) is 6. The van der Waals surface area contributed by atoms with Crippen LogP contribution in [0.4, 0.5) is 14.9 Å². The zero-order valence-electron chi connectivity index (χ0n) is 15.8. The van der Waals surface area contributed by atoms with Crippen molar-refractivity contribution in [2.45, 2.75) is 19.9 Å². The SMILES string of the molecule is Cc1nnnn1-c1cc(NC(=O)NC(C)CN2CCN(C)CC2)ccc1F. The molecule has 0 aliphatic carbocycles. The molecule has 1 saturated heterocycles. The van der Waals surface area contributed by atoms with Gasteiger partial charge in [0.1, 0.15) is 11.5 Å². The monoisotopic (exact) mass is 376 g/mol. The van der Waals surface area contributed by atoms with Gasteiger partial charge >= 0.3 is 6.03 Å². The van der Waals surface area contributed by atoms with Crippen LogP contribution in [0, 0.1) is 12.7 Å². The van der Waals surface area contributed by atoms with Gasteiger partial charge in [0.25, 0.3) is 0 Å². The van der Waals surface area contributed by atoms with Crippen molar-refractivity contribution in [3.8, 4) is 5.69 Å². The Morgan fingerprint density at radius 2 is 2.04 bits per heavy atom. The van der Waals surface area contributed by atoms with Gasteiger partial charge < -0.3 is 15.5 Å². The van der Waals surface area contributed by atoms with Crippen molar-refractivity contribution >= 4 is 11.7 Å². The first kappa shape index (κ1) is 19.2. The van der Waals surface area contributed by atoms with Gasteiger partial charge in [0, 0.05) is 44.5 Å². The van der Waals surface area contributed by atoms with Gasteiger partial charge in [-0.3, -0.25) is 4.90 Å². The summed E-state index contributed by atoms with van der Waals surface area (Å²) in [5.41, 5.74) is 0.645. The minimum Gasteiger partial charge on any atom is -0.334 e. The van der Waals surface area contributed by atoms with Gasteiger partial charge in [-0.15, -0.1) is 5.10 Å². The highest BCUT2D eigenvalue weighted by Gasteiger charge is 2.17. The molecule has 1 unspecified atom stereocenters. The number of tetrazole rings is 1. The first-order chi connectivity index (χ1) is 12.9. The van der Waals surface area contributed by atoms with Gasteiger partial charge in [-0.25, -0.2) is 9.18 Å². The molecule has 3 rings (SSSR count). The van der Waals surface area contributed by atoms with E-state index < -0.39 is 5.82 Å². The van der Waals surface area contributed by atoms with E-state index in [0.717, 1.165) is 32.7 Å². The molecule has 1 atom stereocenters. The molecule has 9 nitrogen and oxygen atoms in total. The van der Waals surface area contributed by atoms with Gasteiger partial charge in [-0.05, 0) is 49.5 Å². The van der Waals surface area contributed by atoms with Crippen molar-refractivity contribution in [1.82, 2.24) is 35.3 Å². The van der Waals surface area contributed by atoms with E-state index in [-0.39, 0.29) is 17.8 Å². The van der Waals surface area contributed by atoms with Crippen LogP contribution in [0.5, 0.6) is 0 Å². The van der Waals surface area contributed by atoms with Crippen molar-refractivity contribution in [1.29, 1.82) is 0 Å². The summed E-state index contributed by atoms with van der Waals surface area (Å²) in [6, 6.07) is 3.95. The summed E-state index contributed by atoms with van der Waals surface area (Å²) >= 11 is 0. The topological polar surface area (TPSA) is 91.2 Å². The summed E-state index contributed by atoms with van der Waals surface area (Å²) in [6.45, 7) is 8.50. The molecule has 1 aromatic heterocycles. The Balaban J connectivity index is 1.57. The number of hydrogen-bond donors (Lipinski definition) is 2. The number of piperazine rings is 1. The van der Waals surface area contributed by atoms with Crippen LogP contribution in [0.2, 0.25) is 0 Å². The molecule has 0 bridgehead atoms. The van der Waals surface area contributed by atoms with Crippen LogP contribution in [0.25, 0.3) is 5.69 Å². The average molecular weight is 376 g/mol. The van der Waals surface area contributed by atoms with Crippen LogP contribution in [-0.4, -0.2) is 81.9 Å². The predicted octanol–water partition coefficient (Wildman–Crippen LogP) is 0.867. The zero-order valence-corrected chi connectivity index (χ0v) is 15.8. The van der Waals surface area contributed by atoms with Crippen molar-refractivity contribution in [2.75, 3.05) is 45.1 Å². The number of carbonyl (C=O) groups excluding carboxylic acids is 1. The van der Waals surface area contributed by atoms with E-state index in [1.807, 2.05) is 6.92 Å². The predicted molar refractivity (Wildman–Crippen MR) is 99.4 cm³/mol. The van der Waals surface area contributed by atoms with Gasteiger partial charge in [0.2, 0.25) is 0 Å². The first-order valence-electron chi connectivity index (χ1n) is 8.95. The van der Waals surface area contributed by atoms with E-state index >= 15 is 0 Å². The lowest BCUT2D eigenvalue weighted by atomic mass is 10.2. The van der Waals surface area contributed by atoms with E-state index in [1.54, 1.807) is 6.92 Å². The van der Waals surface area contributed by atoms with E-state index in [4.69, 9.17) is 0 Å². The standard InChI is InChI=1S/C17H25FN8O/c1-12(11-25-8-6-24(3)7-9-25)19-17(27)20-14-4-5-15(18)16(10-14)26-13(2)21-22-23-26/h4-5,10,12H,6-9,11H2,1-3H3,(H2,19,20,27). The molecule has 2 amide bonds. The van der Waals surface area contributed by atoms with Crippen LogP contribution < -0.4 is 10.6 Å². The number of amides is 2. The van der Waals surface area contributed by atoms with Gasteiger partial charge in [-0.2, -0.15) is 4.68 Å². The number of benzene rings is 1. The molecule has 146 valence electrons. The first-order valence-corrected chi connectivity index (χ1v) is 8.95. The maximum absolute atomic E-state index is 14.1. The average Bonchev–Trinajstić information content (AvgIpc) is 3.04. The van der Waals surface area contributed by atoms with Crippen LogP contribution in [0.1, 0.15) is 12.7 Å². The van der Waals surface area contributed by atoms with Crippen LogP contribution >= 0.6 is 0 Å². The van der Waals surface area contributed by atoms with E-state index in [1.165, 1.54) is 22.9 Å². The molecule has 2 N–H and O–H groups in total. The normalized spacial score (nSPS) is 16.9.